The standard InChI is InChI=1S/C14H20ClN3O2.ClH/c1-4-18(5-2)13(19)9-17(3)14(20)11-7-6-10(16)8-12(11)15;/h6-8H,4-5,9,16H2,1-3H3;1H. The first-order valence-electron chi connectivity index (χ1n) is 6.48. The van der Waals surface area contributed by atoms with Crippen molar-refractivity contribution in [3.8, 4) is 0 Å². The number of nitrogens with two attached hydrogens (primary N) is 1. The van der Waals surface area contributed by atoms with Crippen molar-refractivity contribution in [1.82, 2.24) is 9.80 Å². The van der Waals surface area contributed by atoms with Gasteiger partial charge in [-0.2, -0.15) is 0 Å². The maximum absolute atomic E-state index is 12.2. The van der Waals surface area contributed by atoms with Gasteiger partial charge in [0, 0.05) is 25.8 Å². The minimum absolute atomic E-state index is 0. The Labute approximate surface area is 136 Å². The highest BCUT2D eigenvalue weighted by molar-refractivity contribution is 6.34. The number of benzene rings is 1. The smallest absolute Gasteiger partial charge is 0.255 e. The van der Waals surface area contributed by atoms with Crippen molar-refractivity contribution in [2.24, 2.45) is 0 Å². The molecule has 0 fully saturated rings. The molecule has 0 aromatic heterocycles. The lowest BCUT2D eigenvalue weighted by Gasteiger charge is -2.23. The number of carbonyl (C=O) groups excluding carboxylic acids is 2. The van der Waals surface area contributed by atoms with Gasteiger partial charge in [-0.1, -0.05) is 11.6 Å². The normalized spacial score (nSPS) is 9.71. The van der Waals surface area contributed by atoms with E-state index in [0.29, 0.717) is 24.3 Å². The molecule has 0 radical (unpaired) electrons. The largest absolute Gasteiger partial charge is 0.399 e. The third-order valence-corrected chi connectivity index (χ3v) is 3.37. The molecule has 0 aliphatic heterocycles. The second-order valence-corrected chi connectivity index (χ2v) is 4.87. The summed E-state index contributed by atoms with van der Waals surface area (Å²) in [7, 11) is 1.58. The van der Waals surface area contributed by atoms with Crippen LogP contribution in [0.3, 0.4) is 0 Å². The molecule has 1 aromatic carbocycles. The maximum Gasteiger partial charge on any atom is 0.255 e. The molecule has 21 heavy (non-hydrogen) atoms. The number of hydrogen-bond donors (Lipinski definition) is 1. The summed E-state index contributed by atoms with van der Waals surface area (Å²) in [6, 6.07) is 4.70. The van der Waals surface area contributed by atoms with Crippen molar-refractivity contribution in [1.29, 1.82) is 0 Å². The minimum atomic E-state index is -0.296. The Morgan fingerprint density at radius 1 is 1.24 bits per heavy atom. The second-order valence-electron chi connectivity index (χ2n) is 4.47. The van der Waals surface area contributed by atoms with Crippen LogP contribution in [0.4, 0.5) is 5.69 Å². The topological polar surface area (TPSA) is 66.6 Å². The van der Waals surface area contributed by atoms with Gasteiger partial charge in [0.1, 0.15) is 0 Å². The Morgan fingerprint density at radius 3 is 2.29 bits per heavy atom. The Morgan fingerprint density at radius 2 is 1.81 bits per heavy atom. The number of nitrogens with zero attached hydrogens (tertiary/aromatic N) is 2. The molecular weight excluding hydrogens is 313 g/mol. The van der Waals surface area contributed by atoms with E-state index in [1.165, 1.54) is 11.0 Å². The van der Waals surface area contributed by atoms with Gasteiger partial charge in [-0.25, -0.2) is 0 Å². The van der Waals surface area contributed by atoms with E-state index in [-0.39, 0.29) is 35.8 Å². The molecular formula is C14H21Cl2N3O2. The van der Waals surface area contributed by atoms with Gasteiger partial charge >= 0.3 is 0 Å². The zero-order valence-corrected chi connectivity index (χ0v) is 14.0. The number of anilines is 1. The fraction of sp³-hybridized carbons (Fsp3) is 0.429. The summed E-state index contributed by atoms with van der Waals surface area (Å²) in [5, 5.41) is 0.289. The molecule has 0 aliphatic rings. The van der Waals surface area contributed by atoms with E-state index in [9.17, 15) is 9.59 Å². The molecule has 0 spiro atoms. The SMILES string of the molecule is CCN(CC)C(=O)CN(C)C(=O)c1ccc(N)cc1Cl.Cl. The van der Waals surface area contributed by atoms with Crippen LogP contribution in [0.25, 0.3) is 0 Å². The van der Waals surface area contributed by atoms with E-state index in [4.69, 9.17) is 17.3 Å². The average molecular weight is 334 g/mol. The Hall–Kier alpha value is -1.46. The van der Waals surface area contributed by atoms with Gasteiger partial charge in [0.2, 0.25) is 5.91 Å². The number of carbonyl (C=O) groups is 2. The van der Waals surface area contributed by atoms with Gasteiger partial charge in [0.25, 0.3) is 5.91 Å². The van der Waals surface area contributed by atoms with Gasteiger partial charge in [-0.15, -0.1) is 12.4 Å². The van der Waals surface area contributed by atoms with Crippen LogP contribution < -0.4 is 5.73 Å². The van der Waals surface area contributed by atoms with Crippen LogP contribution in [-0.2, 0) is 4.79 Å². The first-order valence-corrected chi connectivity index (χ1v) is 6.86. The molecule has 0 saturated carbocycles. The van der Waals surface area contributed by atoms with E-state index in [1.807, 2.05) is 13.8 Å². The Kier molecular flexibility index (Phi) is 8.14. The number of rotatable bonds is 5. The molecule has 0 unspecified atom stereocenters. The van der Waals surface area contributed by atoms with Crippen molar-refractivity contribution in [3.05, 3.63) is 28.8 Å². The third kappa shape index (κ3) is 5.10. The minimum Gasteiger partial charge on any atom is -0.399 e. The molecule has 2 amide bonds. The number of hydrogen-bond acceptors (Lipinski definition) is 3. The third-order valence-electron chi connectivity index (χ3n) is 3.06. The molecule has 0 atom stereocenters. The fourth-order valence-electron chi connectivity index (χ4n) is 1.86. The molecule has 1 aromatic rings. The van der Waals surface area contributed by atoms with E-state index in [1.54, 1.807) is 24.1 Å². The molecule has 0 heterocycles. The molecule has 5 nitrogen and oxygen atoms in total. The van der Waals surface area contributed by atoms with Crippen molar-refractivity contribution in [3.63, 3.8) is 0 Å². The number of amides is 2. The first-order chi connectivity index (χ1) is 9.40. The summed E-state index contributed by atoms with van der Waals surface area (Å²) >= 11 is 6.00. The average Bonchev–Trinajstić information content (AvgIpc) is 2.39. The van der Waals surface area contributed by atoms with Gasteiger partial charge in [0.15, 0.2) is 0 Å². The van der Waals surface area contributed by atoms with Crippen molar-refractivity contribution in [2.75, 3.05) is 32.4 Å². The van der Waals surface area contributed by atoms with Crippen LogP contribution in [0.2, 0.25) is 5.02 Å². The van der Waals surface area contributed by atoms with Crippen LogP contribution in [0.15, 0.2) is 18.2 Å². The summed E-state index contributed by atoms with van der Waals surface area (Å²) in [6.07, 6.45) is 0. The van der Waals surface area contributed by atoms with E-state index < -0.39 is 0 Å². The molecule has 118 valence electrons. The molecule has 7 heteroatoms. The monoisotopic (exact) mass is 333 g/mol. The van der Waals surface area contributed by atoms with E-state index >= 15 is 0 Å². The van der Waals surface area contributed by atoms with Crippen LogP contribution in [0.1, 0.15) is 24.2 Å². The van der Waals surface area contributed by atoms with E-state index in [0.717, 1.165) is 0 Å². The van der Waals surface area contributed by atoms with Crippen LogP contribution >= 0.6 is 24.0 Å². The van der Waals surface area contributed by atoms with Crippen LogP contribution in [0.5, 0.6) is 0 Å². The summed E-state index contributed by atoms with van der Waals surface area (Å²) in [5.74, 6) is -0.382. The van der Waals surface area contributed by atoms with Crippen LogP contribution in [0, 0.1) is 0 Å². The molecule has 2 N–H and O–H groups in total. The lowest BCUT2D eigenvalue weighted by molar-refractivity contribution is -0.131. The Balaban J connectivity index is 0.00000400. The lowest BCUT2D eigenvalue weighted by atomic mass is 10.2. The zero-order chi connectivity index (χ0) is 15.3. The highest BCUT2D eigenvalue weighted by Crippen LogP contribution is 2.20. The van der Waals surface area contributed by atoms with Crippen molar-refractivity contribution in [2.45, 2.75) is 13.8 Å². The van der Waals surface area contributed by atoms with Crippen LogP contribution in [-0.4, -0.2) is 48.3 Å². The van der Waals surface area contributed by atoms with Gasteiger partial charge < -0.3 is 15.5 Å². The van der Waals surface area contributed by atoms with Crippen molar-refractivity contribution >= 4 is 41.5 Å². The molecule has 0 bridgehead atoms. The Bertz CT molecular complexity index is 505. The lowest BCUT2D eigenvalue weighted by Crippen LogP contribution is -2.41. The van der Waals surface area contributed by atoms with E-state index in [2.05, 4.69) is 0 Å². The van der Waals surface area contributed by atoms with Crippen molar-refractivity contribution < 1.29 is 9.59 Å². The quantitative estimate of drug-likeness (QED) is 0.840. The van der Waals surface area contributed by atoms with Gasteiger partial charge in [0.05, 0.1) is 17.1 Å². The fourth-order valence-corrected chi connectivity index (χ4v) is 2.13. The maximum atomic E-state index is 12.2. The zero-order valence-electron chi connectivity index (χ0n) is 12.4. The molecule has 0 aliphatic carbocycles. The highest BCUT2D eigenvalue weighted by atomic mass is 35.5. The summed E-state index contributed by atoms with van der Waals surface area (Å²) < 4.78 is 0. The first kappa shape index (κ1) is 19.5. The van der Waals surface area contributed by atoms with Gasteiger partial charge in [-0.3, -0.25) is 9.59 Å². The molecule has 0 saturated heterocycles. The predicted octanol–water partition coefficient (Wildman–Crippen LogP) is 2.28. The summed E-state index contributed by atoms with van der Waals surface area (Å²) in [4.78, 5) is 27.2. The number of likely N-dealkylation sites (N-methyl/N-ethyl adjacent to an activating group) is 2. The summed E-state index contributed by atoms with van der Waals surface area (Å²) in [5.41, 5.74) is 6.43. The number of halogens is 2. The second kappa shape index (κ2) is 8.74. The predicted molar refractivity (Wildman–Crippen MR) is 88.0 cm³/mol. The summed E-state index contributed by atoms with van der Waals surface area (Å²) in [6.45, 7) is 5.08. The highest BCUT2D eigenvalue weighted by Gasteiger charge is 2.19. The van der Waals surface area contributed by atoms with Gasteiger partial charge in [-0.05, 0) is 32.0 Å². The number of nitrogen functional groups attached to an aromatic ring is 1. The molecule has 1 rings (SSSR count).